The first-order valence-electron chi connectivity index (χ1n) is 5.56. The van der Waals surface area contributed by atoms with Crippen LogP contribution in [0.2, 0.25) is 0 Å². The molecule has 4 nitrogen and oxygen atoms in total. The van der Waals surface area contributed by atoms with Gasteiger partial charge in [-0.05, 0) is 24.1 Å². The third-order valence-corrected chi connectivity index (χ3v) is 2.57. The Kier molecular flexibility index (Phi) is 3.21. The Bertz CT molecular complexity index is 662. The summed E-state index contributed by atoms with van der Waals surface area (Å²) in [5.41, 5.74) is 0.0696. The second-order valence-electron chi connectivity index (χ2n) is 4.35. The summed E-state index contributed by atoms with van der Waals surface area (Å²) in [4.78, 5) is 11.6. The van der Waals surface area contributed by atoms with Crippen molar-refractivity contribution in [3.05, 3.63) is 34.2 Å². The minimum atomic E-state index is -4.76. The smallest absolute Gasteiger partial charge is 0.406 e. The number of rotatable bonds is 2. The highest BCUT2D eigenvalue weighted by Gasteiger charge is 2.31. The van der Waals surface area contributed by atoms with Crippen molar-refractivity contribution in [2.45, 2.75) is 26.1 Å². The van der Waals surface area contributed by atoms with E-state index in [0.717, 1.165) is 6.07 Å². The number of alkyl halides is 3. The molecule has 2 rings (SSSR count). The van der Waals surface area contributed by atoms with Gasteiger partial charge < -0.3 is 4.74 Å². The minimum Gasteiger partial charge on any atom is -0.406 e. The van der Waals surface area contributed by atoms with E-state index in [0.29, 0.717) is 11.1 Å². The highest BCUT2D eigenvalue weighted by Crippen LogP contribution is 2.28. The van der Waals surface area contributed by atoms with Gasteiger partial charge in [0.2, 0.25) is 0 Å². The first kappa shape index (κ1) is 13.4. The summed E-state index contributed by atoms with van der Waals surface area (Å²) in [6, 6.07) is 3.58. The molecule has 1 aromatic carbocycles. The molecule has 0 unspecified atom stereocenters. The van der Waals surface area contributed by atoms with Gasteiger partial charge in [-0.25, -0.2) is 5.10 Å². The molecule has 0 fully saturated rings. The highest BCUT2D eigenvalue weighted by atomic mass is 19.4. The van der Waals surface area contributed by atoms with Crippen LogP contribution in [-0.2, 0) is 0 Å². The van der Waals surface area contributed by atoms with E-state index in [2.05, 4.69) is 14.9 Å². The lowest BCUT2D eigenvalue weighted by Gasteiger charge is -2.11. The SMILES string of the molecule is CC(C)c1n[nH]c(=O)c2ccc(OC(F)(F)F)cc12. The molecule has 7 heteroatoms. The summed E-state index contributed by atoms with van der Waals surface area (Å²) in [6.45, 7) is 3.66. The van der Waals surface area contributed by atoms with Crippen molar-refractivity contribution >= 4 is 10.8 Å². The molecular weight excluding hydrogens is 261 g/mol. The van der Waals surface area contributed by atoms with E-state index in [4.69, 9.17) is 0 Å². The summed E-state index contributed by atoms with van der Waals surface area (Å²) in [6.07, 6.45) is -4.76. The average molecular weight is 272 g/mol. The van der Waals surface area contributed by atoms with E-state index < -0.39 is 11.9 Å². The molecule has 0 aliphatic rings. The van der Waals surface area contributed by atoms with E-state index in [1.807, 2.05) is 13.8 Å². The van der Waals surface area contributed by atoms with Gasteiger partial charge in [0, 0.05) is 5.39 Å². The van der Waals surface area contributed by atoms with E-state index in [1.54, 1.807) is 0 Å². The number of hydrogen-bond acceptors (Lipinski definition) is 3. The number of benzene rings is 1. The third kappa shape index (κ3) is 2.86. The summed E-state index contributed by atoms with van der Waals surface area (Å²) < 4.78 is 40.4. The van der Waals surface area contributed by atoms with Crippen LogP contribution in [0.15, 0.2) is 23.0 Å². The Morgan fingerprint density at radius 3 is 2.53 bits per heavy atom. The summed E-state index contributed by atoms with van der Waals surface area (Å²) >= 11 is 0. The fraction of sp³-hybridized carbons (Fsp3) is 0.333. The number of ether oxygens (including phenoxy) is 1. The molecular formula is C12H11F3N2O2. The number of nitrogens with zero attached hydrogens (tertiary/aromatic N) is 1. The van der Waals surface area contributed by atoms with Crippen LogP contribution in [0, 0.1) is 0 Å². The van der Waals surface area contributed by atoms with Gasteiger partial charge >= 0.3 is 6.36 Å². The van der Waals surface area contributed by atoms with Crippen molar-refractivity contribution < 1.29 is 17.9 Å². The van der Waals surface area contributed by atoms with Crippen LogP contribution >= 0.6 is 0 Å². The maximum absolute atomic E-state index is 12.2. The van der Waals surface area contributed by atoms with E-state index >= 15 is 0 Å². The van der Waals surface area contributed by atoms with Crippen LogP contribution in [-0.4, -0.2) is 16.6 Å². The zero-order valence-electron chi connectivity index (χ0n) is 10.2. The quantitative estimate of drug-likeness (QED) is 0.914. The highest BCUT2D eigenvalue weighted by molar-refractivity contribution is 5.85. The van der Waals surface area contributed by atoms with Gasteiger partial charge in [-0.3, -0.25) is 4.79 Å². The van der Waals surface area contributed by atoms with Gasteiger partial charge in [-0.1, -0.05) is 13.8 Å². The lowest BCUT2D eigenvalue weighted by Crippen LogP contribution is -2.17. The van der Waals surface area contributed by atoms with Gasteiger partial charge in [-0.2, -0.15) is 5.10 Å². The molecule has 0 spiro atoms. The maximum atomic E-state index is 12.2. The number of fused-ring (bicyclic) bond motifs is 1. The Hall–Kier alpha value is -2.05. The van der Waals surface area contributed by atoms with Gasteiger partial charge in [0.1, 0.15) is 5.75 Å². The molecule has 1 N–H and O–H groups in total. The first-order valence-corrected chi connectivity index (χ1v) is 5.56. The van der Waals surface area contributed by atoms with Crippen molar-refractivity contribution in [1.82, 2.24) is 10.2 Å². The predicted molar refractivity (Wildman–Crippen MR) is 63.1 cm³/mol. The first-order chi connectivity index (χ1) is 8.78. The molecule has 19 heavy (non-hydrogen) atoms. The van der Waals surface area contributed by atoms with Crippen LogP contribution in [0.4, 0.5) is 13.2 Å². The van der Waals surface area contributed by atoms with Gasteiger partial charge in [0.15, 0.2) is 0 Å². The molecule has 0 saturated heterocycles. The van der Waals surface area contributed by atoms with Crippen molar-refractivity contribution in [3.63, 3.8) is 0 Å². The number of aromatic amines is 1. The van der Waals surface area contributed by atoms with Gasteiger partial charge in [-0.15, -0.1) is 13.2 Å². The number of aromatic nitrogens is 2. The summed E-state index contributed by atoms with van der Waals surface area (Å²) in [5, 5.41) is 6.84. The predicted octanol–water partition coefficient (Wildman–Crippen LogP) is 2.95. The normalized spacial score (nSPS) is 12.1. The molecule has 1 aromatic heterocycles. The van der Waals surface area contributed by atoms with E-state index in [-0.39, 0.29) is 17.1 Å². The molecule has 0 aliphatic carbocycles. The molecule has 0 bridgehead atoms. The third-order valence-electron chi connectivity index (χ3n) is 2.57. The molecule has 0 atom stereocenters. The second-order valence-corrected chi connectivity index (χ2v) is 4.35. The maximum Gasteiger partial charge on any atom is 0.573 e. The molecule has 0 aliphatic heterocycles. The molecule has 0 amide bonds. The summed E-state index contributed by atoms with van der Waals surface area (Å²) in [5.74, 6) is -0.408. The summed E-state index contributed by atoms with van der Waals surface area (Å²) in [7, 11) is 0. The van der Waals surface area contributed by atoms with Crippen molar-refractivity contribution in [2.24, 2.45) is 0 Å². The molecule has 1 heterocycles. The fourth-order valence-corrected chi connectivity index (χ4v) is 1.80. The Balaban J connectivity index is 2.63. The van der Waals surface area contributed by atoms with Crippen LogP contribution in [0.3, 0.4) is 0 Å². The fourth-order valence-electron chi connectivity index (χ4n) is 1.80. The largest absolute Gasteiger partial charge is 0.573 e. The number of hydrogen-bond donors (Lipinski definition) is 1. The second kappa shape index (κ2) is 4.56. The Morgan fingerprint density at radius 2 is 1.95 bits per heavy atom. The number of halogens is 3. The topological polar surface area (TPSA) is 55.0 Å². The van der Waals surface area contributed by atoms with Gasteiger partial charge in [0.25, 0.3) is 5.56 Å². The van der Waals surface area contributed by atoms with Crippen LogP contribution in [0.1, 0.15) is 25.5 Å². The minimum absolute atomic E-state index is 0.0412. The molecule has 0 radical (unpaired) electrons. The van der Waals surface area contributed by atoms with Crippen LogP contribution < -0.4 is 10.3 Å². The number of H-pyrrole nitrogens is 1. The van der Waals surface area contributed by atoms with Gasteiger partial charge in [0.05, 0.1) is 11.1 Å². The zero-order chi connectivity index (χ0) is 14.2. The van der Waals surface area contributed by atoms with E-state index in [9.17, 15) is 18.0 Å². The zero-order valence-corrected chi connectivity index (χ0v) is 10.2. The van der Waals surface area contributed by atoms with E-state index in [1.165, 1.54) is 12.1 Å². The lowest BCUT2D eigenvalue weighted by molar-refractivity contribution is -0.274. The Morgan fingerprint density at radius 1 is 1.26 bits per heavy atom. The molecule has 0 saturated carbocycles. The van der Waals surface area contributed by atoms with Crippen molar-refractivity contribution in [3.8, 4) is 5.75 Å². The van der Waals surface area contributed by atoms with Crippen molar-refractivity contribution in [1.29, 1.82) is 0 Å². The standard InChI is InChI=1S/C12H11F3N2O2/c1-6(2)10-9-5-7(19-12(13,14)15)3-4-8(9)11(18)17-16-10/h3-6H,1-2H3,(H,17,18). The lowest BCUT2D eigenvalue weighted by atomic mass is 10.0. The Labute approximate surface area is 106 Å². The average Bonchev–Trinajstić information content (AvgIpc) is 2.26. The van der Waals surface area contributed by atoms with Crippen molar-refractivity contribution in [2.75, 3.05) is 0 Å². The number of nitrogens with one attached hydrogen (secondary N) is 1. The van der Waals surface area contributed by atoms with Crippen LogP contribution in [0.25, 0.3) is 10.8 Å². The monoisotopic (exact) mass is 272 g/mol. The molecule has 102 valence electrons. The molecule has 2 aromatic rings. The van der Waals surface area contributed by atoms with Crippen LogP contribution in [0.5, 0.6) is 5.75 Å².